The zero-order chi connectivity index (χ0) is 13.2. The van der Waals surface area contributed by atoms with Crippen LogP contribution >= 0.6 is 0 Å². The molecular formula is C15H11NO3. The minimum Gasteiger partial charge on any atom is -0.484 e. The van der Waals surface area contributed by atoms with Gasteiger partial charge in [-0.25, -0.2) is 0 Å². The van der Waals surface area contributed by atoms with Gasteiger partial charge in [-0.05, 0) is 22.9 Å². The third kappa shape index (κ3) is 2.12. The Hall–Kier alpha value is -2.49. The van der Waals surface area contributed by atoms with Crippen molar-refractivity contribution in [3.8, 4) is 5.75 Å². The van der Waals surface area contributed by atoms with Gasteiger partial charge in [-0.1, -0.05) is 30.3 Å². The molecule has 0 saturated heterocycles. The molecule has 1 heterocycles. The van der Waals surface area contributed by atoms with Crippen LogP contribution in [0.2, 0.25) is 0 Å². The maximum absolute atomic E-state index is 12.1. The molecule has 0 N–H and O–H groups in total. The number of hydrogen-bond acceptors (Lipinski definition) is 4. The largest absolute Gasteiger partial charge is 0.484 e. The van der Waals surface area contributed by atoms with Crippen LogP contribution in [0.15, 0.2) is 53.7 Å². The van der Waals surface area contributed by atoms with Gasteiger partial charge in [0.15, 0.2) is 5.78 Å². The summed E-state index contributed by atoms with van der Waals surface area (Å²) in [5.41, 5.74) is 1.73. The lowest BCUT2D eigenvalue weighted by atomic mass is 9.96. The maximum atomic E-state index is 12.1. The van der Waals surface area contributed by atoms with E-state index in [-0.39, 0.29) is 17.6 Å². The topological polar surface area (TPSA) is 55.7 Å². The summed E-state index contributed by atoms with van der Waals surface area (Å²) in [4.78, 5) is 22.6. The average Bonchev–Trinajstić information content (AvgIpc) is 2.47. The first-order chi connectivity index (χ1) is 9.28. The van der Waals surface area contributed by atoms with Crippen LogP contribution in [0.1, 0.15) is 28.4 Å². The fourth-order valence-corrected chi connectivity index (χ4v) is 2.22. The molecule has 0 radical (unpaired) electrons. The molecule has 0 fully saturated rings. The van der Waals surface area contributed by atoms with E-state index < -0.39 is 0 Å². The van der Waals surface area contributed by atoms with Crippen LogP contribution in [0, 0.1) is 4.91 Å². The average molecular weight is 253 g/mol. The number of Topliss-reactive ketones (excluding diaryl/α,β-unsaturated/α-hetero) is 1. The molecule has 0 aromatic heterocycles. The minimum absolute atomic E-state index is 0.0209. The predicted molar refractivity (Wildman–Crippen MR) is 70.7 cm³/mol. The Morgan fingerprint density at radius 3 is 2.63 bits per heavy atom. The standard InChI is InChI=1S/C15H11NO3/c17-13-9-14(10-4-2-1-3-5-10)19-15-8-11(16-18)6-7-12(13)15/h1-8,14H,9H2. The molecule has 3 rings (SSSR count). The number of carbonyl (C=O) groups excluding carboxylic acids is 1. The Morgan fingerprint density at radius 1 is 1.11 bits per heavy atom. The maximum Gasteiger partial charge on any atom is 0.170 e. The molecule has 1 atom stereocenters. The van der Waals surface area contributed by atoms with Crippen molar-refractivity contribution < 1.29 is 9.53 Å². The SMILES string of the molecule is O=Nc1ccc2c(c1)OC(c1ccccc1)CC2=O. The van der Waals surface area contributed by atoms with E-state index in [2.05, 4.69) is 5.18 Å². The van der Waals surface area contributed by atoms with E-state index in [0.717, 1.165) is 5.56 Å². The molecule has 4 nitrogen and oxygen atoms in total. The van der Waals surface area contributed by atoms with E-state index in [1.54, 1.807) is 6.07 Å². The van der Waals surface area contributed by atoms with Gasteiger partial charge in [0.05, 0.1) is 12.0 Å². The molecular weight excluding hydrogens is 242 g/mol. The molecule has 0 saturated carbocycles. The van der Waals surface area contributed by atoms with Gasteiger partial charge in [-0.2, -0.15) is 0 Å². The first kappa shape index (κ1) is 11.6. The summed E-state index contributed by atoms with van der Waals surface area (Å²) in [5, 5.41) is 2.86. The monoisotopic (exact) mass is 253 g/mol. The number of ether oxygens (including phenoxy) is 1. The number of nitrogens with zero attached hydrogens (tertiary/aromatic N) is 1. The molecule has 94 valence electrons. The molecule has 1 unspecified atom stereocenters. The predicted octanol–water partition coefficient (Wildman–Crippen LogP) is 3.79. The third-order valence-electron chi connectivity index (χ3n) is 3.18. The van der Waals surface area contributed by atoms with Gasteiger partial charge in [-0.3, -0.25) is 4.79 Å². The lowest BCUT2D eigenvalue weighted by Crippen LogP contribution is -2.20. The highest BCUT2D eigenvalue weighted by molar-refractivity contribution is 6.00. The Bertz CT molecular complexity index is 637. The summed E-state index contributed by atoms with van der Waals surface area (Å²) in [5.74, 6) is 0.453. The van der Waals surface area contributed by atoms with Crippen molar-refractivity contribution >= 4 is 11.5 Å². The summed E-state index contributed by atoms with van der Waals surface area (Å²) < 4.78 is 5.81. The molecule has 4 heteroatoms. The Kier molecular flexibility index (Phi) is 2.83. The van der Waals surface area contributed by atoms with Crippen LogP contribution < -0.4 is 4.74 Å². The van der Waals surface area contributed by atoms with Gasteiger partial charge < -0.3 is 4.74 Å². The van der Waals surface area contributed by atoms with Gasteiger partial charge in [0.1, 0.15) is 17.5 Å². The van der Waals surface area contributed by atoms with E-state index in [1.807, 2.05) is 30.3 Å². The van der Waals surface area contributed by atoms with Gasteiger partial charge >= 0.3 is 0 Å². The first-order valence-corrected chi connectivity index (χ1v) is 6.00. The number of nitroso groups, excluding NO2 is 1. The smallest absolute Gasteiger partial charge is 0.170 e. The van der Waals surface area contributed by atoms with Crippen LogP contribution in [-0.2, 0) is 0 Å². The second-order valence-corrected chi connectivity index (χ2v) is 4.42. The van der Waals surface area contributed by atoms with Crippen molar-refractivity contribution in [2.24, 2.45) is 5.18 Å². The van der Waals surface area contributed by atoms with Crippen LogP contribution in [0.25, 0.3) is 0 Å². The van der Waals surface area contributed by atoms with Crippen molar-refractivity contribution in [2.75, 3.05) is 0 Å². The summed E-state index contributed by atoms with van der Waals surface area (Å²) in [6, 6.07) is 14.2. The zero-order valence-electron chi connectivity index (χ0n) is 10.1. The van der Waals surface area contributed by atoms with Crippen molar-refractivity contribution in [3.05, 3.63) is 64.6 Å². The van der Waals surface area contributed by atoms with Crippen LogP contribution in [0.3, 0.4) is 0 Å². The highest BCUT2D eigenvalue weighted by Crippen LogP contribution is 2.36. The minimum atomic E-state index is -0.303. The number of fused-ring (bicyclic) bond motifs is 1. The fourth-order valence-electron chi connectivity index (χ4n) is 2.22. The van der Waals surface area contributed by atoms with E-state index in [0.29, 0.717) is 17.7 Å². The molecule has 1 aliphatic rings. The molecule has 0 amide bonds. The lowest BCUT2D eigenvalue weighted by Gasteiger charge is -2.25. The number of ketones is 1. The Labute approximate surface area is 110 Å². The van der Waals surface area contributed by atoms with E-state index in [4.69, 9.17) is 4.74 Å². The van der Waals surface area contributed by atoms with Crippen LogP contribution in [-0.4, -0.2) is 5.78 Å². The quantitative estimate of drug-likeness (QED) is 0.765. The van der Waals surface area contributed by atoms with Crippen molar-refractivity contribution in [3.63, 3.8) is 0 Å². The van der Waals surface area contributed by atoms with Gasteiger partial charge in [0.2, 0.25) is 0 Å². The van der Waals surface area contributed by atoms with Crippen LogP contribution in [0.5, 0.6) is 5.75 Å². The second-order valence-electron chi connectivity index (χ2n) is 4.42. The van der Waals surface area contributed by atoms with E-state index in [9.17, 15) is 9.70 Å². The van der Waals surface area contributed by atoms with Crippen molar-refractivity contribution in [1.82, 2.24) is 0 Å². The molecule has 2 aromatic carbocycles. The summed E-state index contributed by atoms with van der Waals surface area (Å²) in [6.45, 7) is 0. The Balaban J connectivity index is 1.99. The lowest BCUT2D eigenvalue weighted by molar-refractivity contribution is 0.0850. The van der Waals surface area contributed by atoms with E-state index >= 15 is 0 Å². The summed E-state index contributed by atoms with van der Waals surface area (Å²) in [6.07, 6.45) is 0.00771. The highest BCUT2D eigenvalue weighted by Gasteiger charge is 2.27. The fraction of sp³-hybridized carbons (Fsp3) is 0.133. The number of carbonyl (C=O) groups is 1. The molecule has 0 spiro atoms. The number of rotatable bonds is 2. The summed E-state index contributed by atoms with van der Waals surface area (Å²) in [7, 11) is 0. The Morgan fingerprint density at radius 2 is 1.89 bits per heavy atom. The zero-order valence-corrected chi connectivity index (χ0v) is 10.1. The molecule has 0 aliphatic carbocycles. The van der Waals surface area contributed by atoms with Crippen molar-refractivity contribution in [1.29, 1.82) is 0 Å². The van der Waals surface area contributed by atoms with Gasteiger partial charge in [0.25, 0.3) is 0 Å². The molecule has 19 heavy (non-hydrogen) atoms. The number of benzene rings is 2. The molecule has 2 aromatic rings. The normalized spacial score (nSPS) is 17.5. The summed E-state index contributed by atoms with van der Waals surface area (Å²) >= 11 is 0. The van der Waals surface area contributed by atoms with Crippen molar-refractivity contribution in [2.45, 2.75) is 12.5 Å². The molecule has 1 aliphatic heterocycles. The van der Waals surface area contributed by atoms with Crippen LogP contribution in [0.4, 0.5) is 5.69 Å². The van der Waals surface area contributed by atoms with E-state index in [1.165, 1.54) is 12.1 Å². The number of hydrogen-bond donors (Lipinski definition) is 0. The third-order valence-corrected chi connectivity index (χ3v) is 3.18. The highest BCUT2D eigenvalue weighted by atomic mass is 16.5. The van der Waals surface area contributed by atoms with Gasteiger partial charge in [0, 0.05) is 6.07 Å². The first-order valence-electron chi connectivity index (χ1n) is 6.00. The van der Waals surface area contributed by atoms with Gasteiger partial charge in [-0.15, -0.1) is 4.91 Å². The second kappa shape index (κ2) is 4.65. The molecule has 0 bridgehead atoms.